The van der Waals surface area contributed by atoms with Crippen LogP contribution in [0.15, 0.2) is 35.4 Å². The summed E-state index contributed by atoms with van der Waals surface area (Å²) in [4.78, 5) is 28.7. The molecule has 11 heteroatoms. The van der Waals surface area contributed by atoms with E-state index in [0.29, 0.717) is 37.9 Å². The number of carbonyl (C=O) groups is 2. The Morgan fingerprint density at radius 1 is 1.09 bits per heavy atom. The molecule has 1 N–H and O–H groups in total. The van der Waals surface area contributed by atoms with E-state index in [1.54, 1.807) is 40.2 Å². The minimum absolute atomic E-state index is 0.123. The average Bonchev–Trinajstić information content (AvgIpc) is 3.17. The number of amides is 1. The van der Waals surface area contributed by atoms with Gasteiger partial charge in [0, 0.05) is 5.56 Å². The number of aryl methyl sites for hydroxylation is 1. The van der Waals surface area contributed by atoms with Crippen molar-refractivity contribution in [2.45, 2.75) is 18.9 Å². The summed E-state index contributed by atoms with van der Waals surface area (Å²) in [6, 6.07) is 9.11. The summed E-state index contributed by atoms with van der Waals surface area (Å²) in [6.45, 7) is 3.71. The maximum absolute atomic E-state index is 12.3. The molecule has 0 spiro atoms. The summed E-state index contributed by atoms with van der Waals surface area (Å²) < 4.78 is 15.5. The highest BCUT2D eigenvalue weighted by atomic mass is 32.2. The molecular weight excluding hydrogens is 452 g/mol. The maximum Gasteiger partial charge on any atom is 0.350 e. The van der Waals surface area contributed by atoms with E-state index in [1.807, 2.05) is 18.2 Å². The standard InChI is InChI=1S/C21H22N4O5S2/c1-5-30-20(27)19-12(2)22-21(32-19)23-17(26)11-31-18-9-7-14(24-25-18)13-6-8-15(28-3)16(10-13)29-4/h6-10H,5,11H2,1-4H3,(H,22,23,26). The first-order valence-electron chi connectivity index (χ1n) is 9.58. The first-order chi connectivity index (χ1) is 15.4. The molecule has 0 aliphatic rings. The monoisotopic (exact) mass is 474 g/mol. The van der Waals surface area contributed by atoms with Crippen molar-refractivity contribution in [3.63, 3.8) is 0 Å². The summed E-state index contributed by atoms with van der Waals surface area (Å²) in [6.07, 6.45) is 0. The quantitative estimate of drug-likeness (QED) is 0.365. The summed E-state index contributed by atoms with van der Waals surface area (Å²) in [5.41, 5.74) is 2.03. The third-order valence-electron chi connectivity index (χ3n) is 4.17. The first kappa shape index (κ1) is 23.5. The van der Waals surface area contributed by atoms with Crippen molar-refractivity contribution in [3.05, 3.63) is 40.9 Å². The number of esters is 1. The zero-order chi connectivity index (χ0) is 23.1. The van der Waals surface area contributed by atoms with Gasteiger partial charge in [-0.05, 0) is 44.2 Å². The lowest BCUT2D eigenvalue weighted by molar-refractivity contribution is -0.113. The Kier molecular flexibility index (Phi) is 8.01. The lowest BCUT2D eigenvalue weighted by Gasteiger charge is -2.09. The fourth-order valence-electron chi connectivity index (χ4n) is 2.68. The number of ether oxygens (including phenoxy) is 3. The zero-order valence-electron chi connectivity index (χ0n) is 18.0. The summed E-state index contributed by atoms with van der Waals surface area (Å²) in [7, 11) is 3.15. The van der Waals surface area contributed by atoms with E-state index in [9.17, 15) is 9.59 Å². The number of thiazole rings is 1. The molecule has 9 nitrogen and oxygen atoms in total. The van der Waals surface area contributed by atoms with Gasteiger partial charge in [-0.1, -0.05) is 23.1 Å². The van der Waals surface area contributed by atoms with Crippen LogP contribution in [-0.4, -0.2) is 53.6 Å². The van der Waals surface area contributed by atoms with Crippen LogP contribution in [0, 0.1) is 6.92 Å². The van der Waals surface area contributed by atoms with E-state index >= 15 is 0 Å². The summed E-state index contributed by atoms with van der Waals surface area (Å²) >= 11 is 2.33. The van der Waals surface area contributed by atoms with E-state index in [0.717, 1.165) is 16.9 Å². The number of rotatable bonds is 9. The molecule has 3 aromatic rings. The third-order valence-corrected chi connectivity index (χ3v) is 6.15. The van der Waals surface area contributed by atoms with Crippen molar-refractivity contribution in [2.24, 2.45) is 0 Å². The van der Waals surface area contributed by atoms with Gasteiger partial charge in [-0.25, -0.2) is 9.78 Å². The van der Waals surface area contributed by atoms with Crippen molar-refractivity contribution in [1.82, 2.24) is 15.2 Å². The van der Waals surface area contributed by atoms with Gasteiger partial charge in [-0.3, -0.25) is 4.79 Å². The normalized spacial score (nSPS) is 10.5. The number of benzene rings is 1. The zero-order valence-corrected chi connectivity index (χ0v) is 19.6. The van der Waals surface area contributed by atoms with Gasteiger partial charge in [-0.15, -0.1) is 10.2 Å². The molecule has 1 aromatic carbocycles. The number of nitrogens with one attached hydrogen (secondary N) is 1. The molecular formula is C21H22N4O5S2. The van der Waals surface area contributed by atoms with Crippen LogP contribution >= 0.6 is 23.1 Å². The van der Waals surface area contributed by atoms with Crippen LogP contribution in [-0.2, 0) is 9.53 Å². The van der Waals surface area contributed by atoms with Crippen LogP contribution in [0.25, 0.3) is 11.3 Å². The summed E-state index contributed by atoms with van der Waals surface area (Å²) in [5.74, 6) is 0.655. The van der Waals surface area contributed by atoms with Gasteiger partial charge < -0.3 is 19.5 Å². The number of anilines is 1. The lowest BCUT2D eigenvalue weighted by Crippen LogP contribution is -2.14. The number of aromatic nitrogens is 3. The molecule has 0 unspecified atom stereocenters. The van der Waals surface area contributed by atoms with E-state index in [-0.39, 0.29) is 18.3 Å². The molecule has 168 valence electrons. The molecule has 0 aliphatic heterocycles. The fraction of sp³-hybridized carbons (Fsp3) is 0.286. The Hall–Kier alpha value is -3.18. The Bertz CT molecular complexity index is 1100. The molecule has 0 atom stereocenters. The molecule has 1 amide bonds. The van der Waals surface area contributed by atoms with Gasteiger partial charge in [0.25, 0.3) is 0 Å². The van der Waals surface area contributed by atoms with Gasteiger partial charge in [0.2, 0.25) is 5.91 Å². The Morgan fingerprint density at radius 3 is 2.53 bits per heavy atom. The van der Waals surface area contributed by atoms with Gasteiger partial charge in [-0.2, -0.15) is 0 Å². The Labute approximate surface area is 193 Å². The number of thioether (sulfide) groups is 1. The van der Waals surface area contributed by atoms with E-state index < -0.39 is 5.97 Å². The van der Waals surface area contributed by atoms with Gasteiger partial charge >= 0.3 is 5.97 Å². The predicted molar refractivity (Wildman–Crippen MR) is 123 cm³/mol. The van der Waals surface area contributed by atoms with Crippen LogP contribution in [0.1, 0.15) is 22.3 Å². The molecule has 2 heterocycles. The predicted octanol–water partition coefficient (Wildman–Crippen LogP) is 3.83. The molecule has 0 bridgehead atoms. The second kappa shape index (κ2) is 10.9. The second-order valence-electron chi connectivity index (χ2n) is 6.32. The van der Waals surface area contributed by atoms with E-state index in [1.165, 1.54) is 11.8 Å². The smallest absolute Gasteiger partial charge is 0.350 e. The van der Waals surface area contributed by atoms with Crippen LogP contribution in [0.2, 0.25) is 0 Å². The molecule has 0 fully saturated rings. The van der Waals surface area contributed by atoms with E-state index in [2.05, 4.69) is 20.5 Å². The molecule has 3 rings (SSSR count). The molecule has 32 heavy (non-hydrogen) atoms. The molecule has 0 saturated heterocycles. The fourth-order valence-corrected chi connectivity index (χ4v) is 4.17. The topological polar surface area (TPSA) is 113 Å². The summed E-state index contributed by atoms with van der Waals surface area (Å²) in [5, 5.41) is 12.1. The molecule has 0 radical (unpaired) electrons. The largest absolute Gasteiger partial charge is 0.493 e. The number of hydrogen-bond acceptors (Lipinski definition) is 10. The van der Waals surface area contributed by atoms with Crippen molar-refractivity contribution in [3.8, 4) is 22.8 Å². The van der Waals surface area contributed by atoms with Gasteiger partial charge in [0.1, 0.15) is 9.90 Å². The maximum atomic E-state index is 12.3. The highest BCUT2D eigenvalue weighted by Gasteiger charge is 2.17. The van der Waals surface area contributed by atoms with E-state index in [4.69, 9.17) is 14.2 Å². The average molecular weight is 475 g/mol. The highest BCUT2D eigenvalue weighted by molar-refractivity contribution is 7.99. The highest BCUT2D eigenvalue weighted by Crippen LogP contribution is 2.31. The third kappa shape index (κ3) is 5.74. The van der Waals surface area contributed by atoms with Crippen LogP contribution in [0.3, 0.4) is 0 Å². The van der Waals surface area contributed by atoms with Gasteiger partial charge in [0.15, 0.2) is 16.6 Å². The number of methoxy groups -OCH3 is 2. The van der Waals surface area contributed by atoms with Crippen molar-refractivity contribution in [2.75, 3.05) is 31.9 Å². The van der Waals surface area contributed by atoms with Crippen molar-refractivity contribution >= 4 is 40.1 Å². The molecule has 0 saturated carbocycles. The molecule has 2 aromatic heterocycles. The Morgan fingerprint density at radius 2 is 1.88 bits per heavy atom. The number of hydrogen-bond donors (Lipinski definition) is 1. The number of nitrogens with zero attached hydrogens (tertiary/aromatic N) is 3. The minimum atomic E-state index is -0.442. The second-order valence-corrected chi connectivity index (χ2v) is 8.31. The van der Waals surface area contributed by atoms with Crippen molar-refractivity contribution < 1.29 is 23.8 Å². The van der Waals surface area contributed by atoms with Crippen LogP contribution < -0.4 is 14.8 Å². The van der Waals surface area contributed by atoms with Crippen LogP contribution in [0.4, 0.5) is 5.13 Å². The SMILES string of the molecule is CCOC(=O)c1sc(NC(=O)CSc2ccc(-c3ccc(OC)c(OC)c3)nn2)nc1C. The molecule has 0 aliphatic carbocycles. The Balaban J connectivity index is 1.58. The van der Waals surface area contributed by atoms with Gasteiger partial charge in [0.05, 0.1) is 38.0 Å². The minimum Gasteiger partial charge on any atom is -0.493 e. The van der Waals surface area contributed by atoms with Crippen LogP contribution in [0.5, 0.6) is 11.5 Å². The van der Waals surface area contributed by atoms with Crippen molar-refractivity contribution in [1.29, 1.82) is 0 Å². The number of carbonyl (C=O) groups excluding carboxylic acids is 2. The first-order valence-corrected chi connectivity index (χ1v) is 11.4. The lowest BCUT2D eigenvalue weighted by atomic mass is 10.1.